The summed E-state index contributed by atoms with van der Waals surface area (Å²) in [5.74, 6) is 0. The Labute approximate surface area is 128 Å². The molecule has 0 amide bonds. The molecule has 1 unspecified atom stereocenters. The van der Waals surface area contributed by atoms with Gasteiger partial charge in [0.15, 0.2) is 0 Å². The Morgan fingerprint density at radius 2 is 1.90 bits per heavy atom. The summed E-state index contributed by atoms with van der Waals surface area (Å²) < 4.78 is 2.30. The van der Waals surface area contributed by atoms with Gasteiger partial charge in [0.2, 0.25) is 0 Å². The minimum absolute atomic E-state index is 0.429. The minimum Gasteiger partial charge on any atom is -0.387 e. The van der Waals surface area contributed by atoms with E-state index in [-0.39, 0.29) is 0 Å². The lowest BCUT2D eigenvalue weighted by atomic mass is 10.1. The third-order valence-corrected chi connectivity index (χ3v) is 3.97. The molecule has 0 bridgehead atoms. The van der Waals surface area contributed by atoms with Gasteiger partial charge in [0.1, 0.15) is 0 Å². The number of hydrogen-bond donors (Lipinski definition) is 1. The number of rotatable bonds is 8. The molecular formula is C18H28N2O. The van der Waals surface area contributed by atoms with Crippen LogP contribution in [-0.4, -0.2) is 35.2 Å². The molecule has 1 aromatic heterocycles. The summed E-state index contributed by atoms with van der Waals surface area (Å²) in [5, 5.41) is 11.6. The molecule has 1 atom stereocenters. The number of aliphatic hydroxyl groups is 1. The van der Waals surface area contributed by atoms with Crippen molar-refractivity contribution in [1.82, 2.24) is 9.47 Å². The lowest BCUT2D eigenvalue weighted by Gasteiger charge is -2.15. The average Bonchev–Trinajstić information content (AvgIpc) is 2.82. The molecule has 1 aromatic carbocycles. The maximum absolute atomic E-state index is 10.5. The molecule has 3 nitrogen and oxygen atoms in total. The first-order valence-electron chi connectivity index (χ1n) is 8.04. The van der Waals surface area contributed by atoms with Crippen molar-refractivity contribution in [3.63, 3.8) is 0 Å². The van der Waals surface area contributed by atoms with Crippen LogP contribution in [0.25, 0.3) is 10.9 Å². The molecule has 0 saturated heterocycles. The number of unbranched alkanes of at least 4 members (excludes halogenated alkanes) is 3. The summed E-state index contributed by atoms with van der Waals surface area (Å²) in [6.07, 6.45) is 6.76. The lowest BCUT2D eigenvalue weighted by molar-refractivity contribution is 0.139. The van der Waals surface area contributed by atoms with Crippen molar-refractivity contribution in [2.75, 3.05) is 20.6 Å². The highest BCUT2D eigenvalue weighted by molar-refractivity contribution is 5.84. The van der Waals surface area contributed by atoms with Crippen LogP contribution in [0.15, 0.2) is 30.5 Å². The number of para-hydroxylation sites is 1. The van der Waals surface area contributed by atoms with E-state index in [2.05, 4.69) is 42.0 Å². The van der Waals surface area contributed by atoms with Crippen molar-refractivity contribution >= 4 is 10.9 Å². The van der Waals surface area contributed by atoms with Gasteiger partial charge >= 0.3 is 0 Å². The van der Waals surface area contributed by atoms with Crippen LogP contribution < -0.4 is 0 Å². The van der Waals surface area contributed by atoms with Gasteiger partial charge in [-0.2, -0.15) is 0 Å². The van der Waals surface area contributed by atoms with Crippen molar-refractivity contribution in [3.8, 4) is 0 Å². The number of nitrogens with zero attached hydrogens (tertiary/aromatic N) is 2. The molecule has 0 spiro atoms. The fourth-order valence-electron chi connectivity index (χ4n) is 2.88. The van der Waals surface area contributed by atoms with E-state index >= 15 is 0 Å². The van der Waals surface area contributed by atoms with Crippen molar-refractivity contribution < 1.29 is 5.11 Å². The van der Waals surface area contributed by atoms with Gasteiger partial charge in [0.25, 0.3) is 0 Å². The van der Waals surface area contributed by atoms with Crippen LogP contribution in [0.1, 0.15) is 44.3 Å². The van der Waals surface area contributed by atoms with Gasteiger partial charge in [-0.3, -0.25) is 0 Å². The summed E-state index contributed by atoms with van der Waals surface area (Å²) in [5.41, 5.74) is 2.29. The third-order valence-electron chi connectivity index (χ3n) is 3.97. The van der Waals surface area contributed by atoms with Gasteiger partial charge in [-0.15, -0.1) is 0 Å². The van der Waals surface area contributed by atoms with E-state index in [1.807, 2.05) is 19.0 Å². The Bertz CT molecular complexity index is 559. The highest BCUT2D eigenvalue weighted by Crippen LogP contribution is 2.27. The smallest absolute Gasteiger partial charge is 0.0937 e. The average molecular weight is 288 g/mol. The Hall–Kier alpha value is -1.32. The molecule has 1 N–H and O–H groups in total. The zero-order valence-electron chi connectivity index (χ0n) is 13.5. The Balaban J connectivity index is 2.21. The second-order valence-electron chi connectivity index (χ2n) is 6.13. The van der Waals surface area contributed by atoms with E-state index in [1.54, 1.807) is 0 Å². The Morgan fingerprint density at radius 1 is 1.14 bits per heavy atom. The third kappa shape index (κ3) is 4.08. The summed E-state index contributed by atoms with van der Waals surface area (Å²) in [7, 11) is 3.99. The van der Waals surface area contributed by atoms with Crippen molar-refractivity contribution in [3.05, 3.63) is 36.0 Å². The second-order valence-corrected chi connectivity index (χ2v) is 6.13. The number of benzene rings is 1. The number of fused-ring (bicyclic) bond motifs is 1. The van der Waals surface area contributed by atoms with Gasteiger partial charge in [-0.25, -0.2) is 0 Å². The predicted molar refractivity (Wildman–Crippen MR) is 89.6 cm³/mol. The van der Waals surface area contributed by atoms with E-state index in [4.69, 9.17) is 0 Å². The van der Waals surface area contributed by atoms with Gasteiger partial charge in [0.05, 0.1) is 6.10 Å². The molecule has 2 aromatic rings. The first-order chi connectivity index (χ1) is 10.1. The molecule has 0 aliphatic heterocycles. The maximum Gasteiger partial charge on any atom is 0.0937 e. The van der Waals surface area contributed by atoms with Crippen LogP contribution in [0.2, 0.25) is 0 Å². The van der Waals surface area contributed by atoms with Crippen LogP contribution in [-0.2, 0) is 6.54 Å². The van der Waals surface area contributed by atoms with Crippen LogP contribution in [0.3, 0.4) is 0 Å². The van der Waals surface area contributed by atoms with Crippen LogP contribution in [0.4, 0.5) is 0 Å². The van der Waals surface area contributed by atoms with E-state index < -0.39 is 6.10 Å². The molecule has 3 heteroatoms. The number of likely N-dealkylation sites (N-methyl/N-ethyl adjacent to an activating group) is 1. The van der Waals surface area contributed by atoms with E-state index in [9.17, 15) is 5.11 Å². The number of aromatic nitrogens is 1. The quantitative estimate of drug-likeness (QED) is 0.748. The van der Waals surface area contributed by atoms with E-state index in [0.29, 0.717) is 6.54 Å². The highest BCUT2D eigenvalue weighted by atomic mass is 16.3. The SMILES string of the molecule is CCCCCCn1cc(C(O)CN(C)C)c2ccccc21. The van der Waals surface area contributed by atoms with Gasteiger partial charge in [0, 0.05) is 35.8 Å². The molecule has 0 aliphatic rings. The molecule has 0 saturated carbocycles. The fraction of sp³-hybridized carbons (Fsp3) is 0.556. The second kappa shape index (κ2) is 7.62. The molecule has 116 valence electrons. The molecular weight excluding hydrogens is 260 g/mol. The lowest BCUT2D eigenvalue weighted by Crippen LogP contribution is -2.19. The van der Waals surface area contributed by atoms with Crippen LogP contribution >= 0.6 is 0 Å². The molecule has 21 heavy (non-hydrogen) atoms. The predicted octanol–water partition coefficient (Wildman–Crippen LogP) is 3.82. The van der Waals surface area contributed by atoms with Crippen molar-refractivity contribution in [1.29, 1.82) is 0 Å². The Morgan fingerprint density at radius 3 is 2.62 bits per heavy atom. The van der Waals surface area contributed by atoms with Crippen LogP contribution in [0, 0.1) is 0 Å². The number of aliphatic hydroxyl groups excluding tert-OH is 1. The molecule has 0 radical (unpaired) electrons. The monoisotopic (exact) mass is 288 g/mol. The van der Waals surface area contributed by atoms with Crippen molar-refractivity contribution in [2.24, 2.45) is 0 Å². The molecule has 1 heterocycles. The zero-order valence-corrected chi connectivity index (χ0v) is 13.5. The summed E-state index contributed by atoms with van der Waals surface area (Å²) in [4.78, 5) is 2.03. The topological polar surface area (TPSA) is 28.4 Å². The van der Waals surface area contributed by atoms with Crippen LogP contribution in [0.5, 0.6) is 0 Å². The standard InChI is InChI=1S/C18H28N2O/c1-4-5-6-9-12-20-13-16(18(21)14-19(2)3)15-10-7-8-11-17(15)20/h7-8,10-11,13,18,21H,4-6,9,12,14H2,1-3H3. The summed E-state index contributed by atoms with van der Waals surface area (Å²) >= 11 is 0. The number of aryl methyl sites for hydroxylation is 1. The highest BCUT2D eigenvalue weighted by Gasteiger charge is 2.15. The minimum atomic E-state index is -0.429. The summed E-state index contributed by atoms with van der Waals surface area (Å²) in [6.45, 7) is 3.93. The van der Waals surface area contributed by atoms with Gasteiger partial charge in [-0.05, 0) is 26.6 Å². The Kier molecular flexibility index (Phi) is 5.83. The molecule has 2 rings (SSSR count). The van der Waals surface area contributed by atoms with E-state index in [0.717, 1.165) is 12.1 Å². The largest absolute Gasteiger partial charge is 0.387 e. The first-order valence-corrected chi connectivity index (χ1v) is 8.04. The first kappa shape index (κ1) is 16.1. The number of hydrogen-bond acceptors (Lipinski definition) is 2. The van der Waals surface area contributed by atoms with E-state index in [1.165, 1.54) is 36.6 Å². The van der Waals surface area contributed by atoms with Gasteiger partial charge < -0.3 is 14.6 Å². The maximum atomic E-state index is 10.5. The normalized spacial score (nSPS) is 13.2. The molecule has 0 fully saturated rings. The molecule has 0 aliphatic carbocycles. The fourth-order valence-corrected chi connectivity index (χ4v) is 2.88. The van der Waals surface area contributed by atoms with Crippen molar-refractivity contribution in [2.45, 2.75) is 45.3 Å². The zero-order chi connectivity index (χ0) is 15.2. The summed E-state index contributed by atoms with van der Waals surface area (Å²) in [6, 6.07) is 8.40. The van der Waals surface area contributed by atoms with Gasteiger partial charge in [-0.1, -0.05) is 44.4 Å².